The van der Waals surface area contributed by atoms with Gasteiger partial charge in [-0.3, -0.25) is 0 Å². The number of hydrogen-bond acceptors (Lipinski definition) is 5. The lowest BCUT2D eigenvalue weighted by molar-refractivity contribution is 0.614. The summed E-state index contributed by atoms with van der Waals surface area (Å²) >= 11 is 0. The van der Waals surface area contributed by atoms with E-state index in [4.69, 9.17) is 18.8 Å². The van der Waals surface area contributed by atoms with Crippen molar-refractivity contribution >= 4 is 71.6 Å². The summed E-state index contributed by atoms with van der Waals surface area (Å²) in [6.45, 7) is 0. The molecule has 0 radical (unpaired) electrons. The quantitative estimate of drug-likeness (QED) is 0.177. The number of anilines is 3. The summed E-state index contributed by atoms with van der Waals surface area (Å²) in [4.78, 5) is 11.9. The molecule has 0 saturated carbocycles. The van der Waals surface area contributed by atoms with E-state index < -0.39 is 0 Å². The summed E-state index contributed by atoms with van der Waals surface area (Å²) in [5, 5.41) is 7.34. The highest BCUT2D eigenvalue weighted by atomic mass is 16.4. The van der Waals surface area contributed by atoms with E-state index in [0.717, 1.165) is 39.2 Å². The van der Waals surface area contributed by atoms with Crippen LogP contribution in [0.5, 0.6) is 0 Å². The molecule has 0 amide bonds. The van der Waals surface area contributed by atoms with E-state index in [1.165, 1.54) is 32.3 Å². The van der Waals surface area contributed by atoms with Crippen molar-refractivity contribution in [1.29, 1.82) is 0 Å². The van der Waals surface area contributed by atoms with Gasteiger partial charge in [0.25, 0.3) is 0 Å². The van der Waals surface area contributed by atoms with Crippen LogP contribution in [0.1, 0.15) is 0 Å². The Hall–Kier alpha value is -6.72. The van der Waals surface area contributed by atoms with Gasteiger partial charge in [-0.1, -0.05) is 91.0 Å². The molecular formula is C44H27N3O2. The Morgan fingerprint density at radius 1 is 0.347 bits per heavy atom. The fourth-order valence-corrected chi connectivity index (χ4v) is 7.00. The normalized spacial score (nSPS) is 11.7. The lowest BCUT2D eigenvalue weighted by Gasteiger charge is -2.25. The van der Waals surface area contributed by atoms with Crippen molar-refractivity contribution in [2.75, 3.05) is 4.90 Å². The van der Waals surface area contributed by atoms with Crippen LogP contribution in [-0.2, 0) is 0 Å². The van der Waals surface area contributed by atoms with Gasteiger partial charge in [0, 0.05) is 34.3 Å². The van der Waals surface area contributed by atoms with Gasteiger partial charge in [-0.2, -0.15) is 0 Å². The molecule has 0 bridgehead atoms. The highest BCUT2D eigenvalue weighted by molar-refractivity contribution is 6.25. The highest BCUT2D eigenvalue weighted by Crippen LogP contribution is 2.39. The zero-order valence-corrected chi connectivity index (χ0v) is 26.2. The average molecular weight is 630 g/mol. The molecule has 0 saturated heterocycles. The van der Waals surface area contributed by atoms with Crippen molar-refractivity contribution in [3.63, 3.8) is 0 Å². The van der Waals surface area contributed by atoms with Crippen molar-refractivity contribution in [3.8, 4) is 22.9 Å². The maximum Gasteiger partial charge on any atom is 0.227 e. The van der Waals surface area contributed by atoms with Gasteiger partial charge in [0.05, 0.1) is 0 Å². The Bertz CT molecular complexity index is 2760. The second-order valence-electron chi connectivity index (χ2n) is 12.2. The number of rotatable bonds is 5. The molecule has 0 atom stereocenters. The molecule has 10 aromatic rings. The lowest BCUT2D eigenvalue weighted by Crippen LogP contribution is -2.09. The van der Waals surface area contributed by atoms with Crippen LogP contribution < -0.4 is 4.90 Å². The first-order chi connectivity index (χ1) is 24.3. The summed E-state index contributed by atoms with van der Waals surface area (Å²) in [7, 11) is 0. The van der Waals surface area contributed by atoms with Gasteiger partial charge < -0.3 is 13.7 Å². The largest absolute Gasteiger partial charge is 0.436 e. The number of para-hydroxylation sites is 2. The van der Waals surface area contributed by atoms with Crippen molar-refractivity contribution in [2.24, 2.45) is 0 Å². The molecule has 0 aliphatic carbocycles. The van der Waals surface area contributed by atoms with Crippen molar-refractivity contribution < 1.29 is 8.83 Å². The maximum atomic E-state index is 6.40. The predicted octanol–water partition coefficient (Wildman–Crippen LogP) is 12.2. The number of benzene rings is 8. The van der Waals surface area contributed by atoms with E-state index in [1.807, 2.05) is 66.7 Å². The first-order valence-electron chi connectivity index (χ1n) is 16.3. The smallest absolute Gasteiger partial charge is 0.227 e. The molecular weight excluding hydrogens is 603 g/mol. The Morgan fingerprint density at radius 3 is 1.39 bits per heavy atom. The van der Waals surface area contributed by atoms with Gasteiger partial charge in [0.15, 0.2) is 11.2 Å². The second-order valence-corrected chi connectivity index (χ2v) is 12.2. The van der Waals surface area contributed by atoms with E-state index in [9.17, 15) is 0 Å². The standard InChI is InChI=1S/C44H27N3O2/c1-3-11-30(12-4-1)47(31-13-5-2-6-14-31)32-21-24-40-42(27-32)49-44(46-40)29-20-23-39-41(26-29)48-43(45-39)28-19-22-37-35-17-8-7-15-33(35)34-16-9-10-18-36(34)38(37)25-28/h1-27H. The first-order valence-corrected chi connectivity index (χ1v) is 16.3. The molecule has 5 heteroatoms. The third-order valence-electron chi connectivity index (χ3n) is 9.29. The third kappa shape index (κ3) is 4.55. The molecule has 230 valence electrons. The van der Waals surface area contributed by atoms with E-state index in [2.05, 4.69) is 102 Å². The van der Waals surface area contributed by atoms with E-state index in [-0.39, 0.29) is 0 Å². The van der Waals surface area contributed by atoms with Crippen LogP contribution in [0.4, 0.5) is 17.1 Å². The SMILES string of the molecule is c1ccc(N(c2ccccc2)c2ccc3nc(-c4ccc5nc(-c6ccc7c8ccccc8c8ccccc8c7c6)oc5c4)oc3c2)cc1. The van der Waals surface area contributed by atoms with Gasteiger partial charge >= 0.3 is 0 Å². The van der Waals surface area contributed by atoms with E-state index in [0.29, 0.717) is 22.9 Å². The molecule has 49 heavy (non-hydrogen) atoms. The zero-order chi connectivity index (χ0) is 32.3. The van der Waals surface area contributed by atoms with Crippen LogP contribution in [0, 0.1) is 0 Å². The van der Waals surface area contributed by atoms with E-state index >= 15 is 0 Å². The van der Waals surface area contributed by atoms with Gasteiger partial charge in [-0.05, 0) is 99.0 Å². The summed E-state index contributed by atoms with van der Waals surface area (Å²) in [6, 6.07) is 56.4. The maximum absolute atomic E-state index is 6.40. The third-order valence-corrected chi connectivity index (χ3v) is 9.29. The predicted molar refractivity (Wildman–Crippen MR) is 200 cm³/mol. The van der Waals surface area contributed by atoms with Crippen LogP contribution in [0.25, 0.3) is 77.4 Å². The summed E-state index contributed by atoms with van der Waals surface area (Å²) in [5.74, 6) is 1.11. The molecule has 0 aliphatic heterocycles. The minimum atomic E-state index is 0.530. The number of nitrogens with zero attached hydrogens (tertiary/aromatic N) is 3. The highest BCUT2D eigenvalue weighted by Gasteiger charge is 2.17. The van der Waals surface area contributed by atoms with Crippen molar-refractivity contribution in [3.05, 3.63) is 164 Å². The monoisotopic (exact) mass is 629 g/mol. The van der Waals surface area contributed by atoms with Crippen molar-refractivity contribution in [2.45, 2.75) is 0 Å². The summed E-state index contributed by atoms with van der Waals surface area (Å²) in [6.07, 6.45) is 0. The average Bonchev–Trinajstić information content (AvgIpc) is 3.80. The number of fused-ring (bicyclic) bond motifs is 8. The van der Waals surface area contributed by atoms with E-state index in [1.54, 1.807) is 0 Å². The van der Waals surface area contributed by atoms with Crippen LogP contribution >= 0.6 is 0 Å². The van der Waals surface area contributed by atoms with Crippen LogP contribution in [0.3, 0.4) is 0 Å². The fraction of sp³-hybridized carbons (Fsp3) is 0. The second kappa shape index (κ2) is 10.9. The Morgan fingerprint density at radius 2 is 0.796 bits per heavy atom. The zero-order valence-electron chi connectivity index (χ0n) is 26.2. The molecule has 5 nitrogen and oxygen atoms in total. The minimum absolute atomic E-state index is 0.530. The molecule has 2 heterocycles. The molecule has 0 N–H and O–H groups in total. The fourth-order valence-electron chi connectivity index (χ4n) is 7.00. The Kier molecular flexibility index (Phi) is 6.11. The lowest BCUT2D eigenvalue weighted by atomic mass is 9.93. The molecule has 0 aliphatic rings. The molecule has 8 aromatic carbocycles. The van der Waals surface area contributed by atoms with Gasteiger partial charge in [0.2, 0.25) is 11.8 Å². The topological polar surface area (TPSA) is 55.3 Å². The van der Waals surface area contributed by atoms with Crippen LogP contribution in [-0.4, -0.2) is 9.97 Å². The van der Waals surface area contributed by atoms with Gasteiger partial charge in [-0.15, -0.1) is 0 Å². The molecule has 0 unspecified atom stereocenters. The molecule has 0 spiro atoms. The first kappa shape index (κ1) is 27.4. The summed E-state index contributed by atoms with van der Waals surface area (Å²) in [5.41, 5.74) is 7.82. The molecule has 10 rings (SSSR count). The molecule has 0 fully saturated rings. The number of oxazole rings is 2. The van der Waals surface area contributed by atoms with Gasteiger partial charge in [0.1, 0.15) is 11.0 Å². The Balaban J connectivity index is 1.03. The number of hydrogen-bond donors (Lipinski definition) is 0. The van der Waals surface area contributed by atoms with Crippen molar-refractivity contribution in [1.82, 2.24) is 9.97 Å². The number of aromatic nitrogens is 2. The van der Waals surface area contributed by atoms with Crippen LogP contribution in [0.2, 0.25) is 0 Å². The summed E-state index contributed by atoms with van der Waals surface area (Å²) < 4.78 is 12.8. The van der Waals surface area contributed by atoms with Crippen LogP contribution in [0.15, 0.2) is 173 Å². The molecule has 2 aromatic heterocycles. The minimum Gasteiger partial charge on any atom is -0.436 e. The van der Waals surface area contributed by atoms with Gasteiger partial charge in [-0.25, -0.2) is 9.97 Å². The Labute approximate surface area is 281 Å².